The minimum Gasteiger partial charge on any atom is -0.493 e. The van der Waals surface area contributed by atoms with Gasteiger partial charge < -0.3 is 20.3 Å². The summed E-state index contributed by atoms with van der Waals surface area (Å²) in [5.74, 6) is 2.36. The van der Waals surface area contributed by atoms with Gasteiger partial charge in [-0.2, -0.15) is 0 Å². The molecule has 2 aromatic rings. The largest absolute Gasteiger partial charge is 0.493 e. The van der Waals surface area contributed by atoms with Gasteiger partial charge in [-0.25, -0.2) is 0 Å². The number of amides is 1. The maximum atomic E-state index is 12.8. The number of H-pyrrole nitrogens is 1. The number of aliphatic hydroxyl groups is 2. The molecule has 10 atom stereocenters. The van der Waals surface area contributed by atoms with Crippen LogP contribution in [-0.2, 0) is 4.79 Å². The Balaban J connectivity index is 1.11. The van der Waals surface area contributed by atoms with Crippen molar-refractivity contribution >= 4 is 54.4 Å². The third-order valence-corrected chi connectivity index (χ3v) is 13.4. The Bertz CT molecular complexity index is 1360. The van der Waals surface area contributed by atoms with Crippen molar-refractivity contribution in [3.63, 3.8) is 0 Å². The highest BCUT2D eigenvalue weighted by atomic mass is 79.9. The summed E-state index contributed by atoms with van der Waals surface area (Å²) in [5.41, 5.74) is 1.38. The average molecular weight is 694 g/mol. The summed E-state index contributed by atoms with van der Waals surface area (Å²) in [5, 5.41) is 41.0. The van der Waals surface area contributed by atoms with Gasteiger partial charge in [-0.1, -0.05) is 36.7 Å². The first kappa shape index (κ1) is 29.8. The highest BCUT2D eigenvalue weighted by molar-refractivity contribution is 9.11. The highest BCUT2D eigenvalue weighted by Crippen LogP contribution is 2.68. The number of aromatic nitrogens is 1. The molecule has 7 nitrogen and oxygen atoms in total. The van der Waals surface area contributed by atoms with E-state index < -0.39 is 0 Å². The van der Waals surface area contributed by atoms with Crippen LogP contribution in [0.2, 0.25) is 0 Å². The molecule has 4 saturated carbocycles. The van der Waals surface area contributed by atoms with Crippen LogP contribution in [0.4, 0.5) is 5.69 Å². The summed E-state index contributed by atoms with van der Waals surface area (Å²) >= 11 is 6.95. The van der Waals surface area contributed by atoms with Crippen LogP contribution in [0.15, 0.2) is 31.3 Å². The first-order valence-corrected chi connectivity index (χ1v) is 17.0. The molecule has 0 saturated heterocycles. The standard InChI is InChI=1S/C32H43Br2N3O4/c1-16(4-7-26(40)36-37-29-20-14-18(33)15-24(34)28(20)35-30(29)41)21-5-6-22-27-23(9-11-32(21,22)3)31(2)10-8-19(38)12-17(31)13-25(27)39/h14-17,19,21-23,25,27,35,38-39,41H,4-13H2,1-3H3. The number of nitrogens with zero attached hydrogens (tertiary/aromatic N) is 2. The lowest BCUT2D eigenvalue weighted by Crippen LogP contribution is -2.58. The van der Waals surface area contributed by atoms with Crippen molar-refractivity contribution in [3.8, 4) is 5.88 Å². The number of carbonyl (C=O) groups is 1. The molecule has 1 aromatic carbocycles. The van der Waals surface area contributed by atoms with E-state index in [2.05, 4.69) is 67.8 Å². The predicted molar refractivity (Wildman–Crippen MR) is 166 cm³/mol. The second-order valence-corrected chi connectivity index (χ2v) is 16.0. The van der Waals surface area contributed by atoms with E-state index in [1.165, 1.54) is 6.42 Å². The predicted octanol–water partition coefficient (Wildman–Crippen LogP) is 8.42. The Morgan fingerprint density at radius 2 is 1.80 bits per heavy atom. The third kappa shape index (κ3) is 5.04. The Hall–Kier alpha value is -1.29. The van der Waals surface area contributed by atoms with Gasteiger partial charge in [0.25, 0.3) is 5.91 Å². The molecule has 0 aliphatic heterocycles. The van der Waals surface area contributed by atoms with E-state index in [0.717, 1.165) is 60.3 Å². The average Bonchev–Trinajstić information content (AvgIpc) is 3.43. The second-order valence-electron chi connectivity index (χ2n) is 14.2. The van der Waals surface area contributed by atoms with E-state index in [1.807, 2.05) is 12.1 Å². The number of benzene rings is 1. The maximum Gasteiger partial charge on any atom is 0.264 e. The molecule has 41 heavy (non-hydrogen) atoms. The van der Waals surface area contributed by atoms with E-state index in [4.69, 9.17) is 0 Å². The number of halogens is 2. The van der Waals surface area contributed by atoms with Crippen LogP contribution in [0.1, 0.15) is 85.0 Å². The van der Waals surface area contributed by atoms with Crippen molar-refractivity contribution in [2.45, 2.75) is 97.2 Å². The SMILES string of the molecule is CC(CCC(=O)N=Nc1c(O)[nH]c2c(Br)cc(Br)cc12)C1CCC2C3C(O)CC4CC(O)CCC4(C)C3CCC12C. The molecule has 1 amide bonds. The lowest BCUT2D eigenvalue weighted by Gasteiger charge is -2.62. The summed E-state index contributed by atoms with van der Waals surface area (Å²) in [7, 11) is 0. The highest BCUT2D eigenvalue weighted by Gasteiger charge is 2.62. The van der Waals surface area contributed by atoms with Gasteiger partial charge in [-0.3, -0.25) is 4.79 Å². The number of carbonyl (C=O) groups excluding carboxylic acids is 1. The Kier molecular flexibility index (Phi) is 7.99. The number of aliphatic hydroxyl groups excluding tert-OH is 2. The topological polar surface area (TPSA) is 118 Å². The minimum absolute atomic E-state index is 0.112. The summed E-state index contributed by atoms with van der Waals surface area (Å²) < 4.78 is 1.61. The number of fused-ring (bicyclic) bond motifs is 6. The van der Waals surface area contributed by atoms with Crippen molar-refractivity contribution in [1.29, 1.82) is 0 Å². The molecular weight excluding hydrogens is 650 g/mol. The third-order valence-electron chi connectivity index (χ3n) is 12.3. The molecule has 9 heteroatoms. The zero-order valence-electron chi connectivity index (χ0n) is 24.2. The minimum atomic E-state index is -0.274. The number of hydrogen-bond donors (Lipinski definition) is 4. The molecular formula is C32H43Br2N3O4. The summed E-state index contributed by atoms with van der Waals surface area (Å²) in [6.07, 6.45) is 8.93. The number of aromatic hydroxyl groups is 1. The second kappa shape index (κ2) is 11.0. The Labute approximate surface area is 259 Å². The molecule has 4 N–H and O–H groups in total. The smallest absolute Gasteiger partial charge is 0.264 e. The number of rotatable bonds is 5. The Morgan fingerprint density at radius 3 is 2.59 bits per heavy atom. The number of nitrogens with one attached hydrogen (secondary N) is 1. The van der Waals surface area contributed by atoms with Crippen LogP contribution < -0.4 is 0 Å². The van der Waals surface area contributed by atoms with Crippen molar-refractivity contribution in [2.24, 2.45) is 56.6 Å². The van der Waals surface area contributed by atoms with Gasteiger partial charge in [0.1, 0.15) is 0 Å². The molecule has 4 aliphatic carbocycles. The molecule has 6 rings (SSSR count). The normalized spacial score (nSPS) is 39.4. The van der Waals surface area contributed by atoms with Gasteiger partial charge in [-0.15, -0.1) is 10.2 Å². The molecule has 0 radical (unpaired) electrons. The van der Waals surface area contributed by atoms with Gasteiger partial charge >= 0.3 is 0 Å². The van der Waals surface area contributed by atoms with Gasteiger partial charge in [0.2, 0.25) is 5.88 Å². The molecule has 0 bridgehead atoms. The van der Waals surface area contributed by atoms with Crippen molar-refractivity contribution in [1.82, 2.24) is 4.98 Å². The number of hydrogen-bond acceptors (Lipinski definition) is 5. The molecule has 1 aromatic heterocycles. The van der Waals surface area contributed by atoms with Crippen LogP contribution in [0.3, 0.4) is 0 Å². The summed E-state index contributed by atoms with van der Waals surface area (Å²) in [4.78, 5) is 15.7. The quantitative estimate of drug-likeness (QED) is 0.235. The zero-order chi connectivity index (χ0) is 29.3. The molecule has 0 spiro atoms. The van der Waals surface area contributed by atoms with Crippen LogP contribution >= 0.6 is 31.9 Å². The fourth-order valence-corrected chi connectivity index (χ4v) is 11.5. The number of azo groups is 1. The fourth-order valence-electron chi connectivity index (χ4n) is 10.2. The van der Waals surface area contributed by atoms with Crippen LogP contribution in [0.25, 0.3) is 10.9 Å². The van der Waals surface area contributed by atoms with E-state index in [0.29, 0.717) is 52.8 Å². The van der Waals surface area contributed by atoms with Crippen LogP contribution in [-0.4, -0.2) is 38.4 Å². The summed E-state index contributed by atoms with van der Waals surface area (Å²) in [6.45, 7) is 7.20. The Morgan fingerprint density at radius 1 is 1.07 bits per heavy atom. The van der Waals surface area contributed by atoms with Gasteiger partial charge in [0.15, 0.2) is 5.69 Å². The molecule has 4 aliphatic rings. The van der Waals surface area contributed by atoms with Gasteiger partial charge in [0.05, 0.1) is 17.7 Å². The maximum absolute atomic E-state index is 12.8. The fraction of sp³-hybridized carbons (Fsp3) is 0.719. The molecule has 4 fully saturated rings. The van der Waals surface area contributed by atoms with Crippen molar-refractivity contribution in [3.05, 3.63) is 21.1 Å². The van der Waals surface area contributed by atoms with Crippen molar-refractivity contribution in [2.75, 3.05) is 0 Å². The lowest BCUT2D eigenvalue weighted by molar-refractivity contribution is -0.174. The van der Waals surface area contributed by atoms with Gasteiger partial charge in [0, 0.05) is 20.8 Å². The van der Waals surface area contributed by atoms with Crippen LogP contribution in [0, 0.1) is 46.3 Å². The van der Waals surface area contributed by atoms with E-state index in [1.54, 1.807) is 0 Å². The first-order valence-electron chi connectivity index (χ1n) is 15.4. The molecule has 224 valence electrons. The molecule has 1 heterocycles. The van der Waals surface area contributed by atoms with E-state index in [-0.39, 0.29) is 40.5 Å². The zero-order valence-corrected chi connectivity index (χ0v) is 27.4. The van der Waals surface area contributed by atoms with E-state index >= 15 is 0 Å². The van der Waals surface area contributed by atoms with Crippen molar-refractivity contribution < 1.29 is 20.1 Å². The summed E-state index contributed by atoms with van der Waals surface area (Å²) in [6, 6.07) is 3.71. The first-order chi connectivity index (χ1) is 19.4. The molecule has 10 unspecified atom stereocenters. The van der Waals surface area contributed by atoms with Crippen LogP contribution in [0.5, 0.6) is 5.88 Å². The number of aromatic amines is 1. The monoisotopic (exact) mass is 691 g/mol. The lowest BCUT2D eigenvalue weighted by atomic mass is 9.43. The van der Waals surface area contributed by atoms with E-state index in [9.17, 15) is 20.1 Å². The van der Waals surface area contributed by atoms with Gasteiger partial charge in [-0.05, 0) is 132 Å².